The number of methoxy groups -OCH3 is 2. The van der Waals surface area contributed by atoms with Crippen LogP contribution in [0.3, 0.4) is 0 Å². The third kappa shape index (κ3) is 1.86. The number of nitriles is 1. The second-order valence-corrected chi connectivity index (χ2v) is 3.92. The van der Waals surface area contributed by atoms with Crippen molar-refractivity contribution < 1.29 is 13.9 Å². The highest BCUT2D eigenvalue weighted by atomic mass is 19.1. The summed E-state index contributed by atoms with van der Waals surface area (Å²) in [6, 6.07) is 6.47. The number of nitrogens with zero attached hydrogens (tertiary/aromatic N) is 2. The summed E-state index contributed by atoms with van der Waals surface area (Å²) in [4.78, 5) is 1.86. The first-order chi connectivity index (χ1) is 8.15. The molecule has 0 spiro atoms. The Hall–Kier alpha value is -1.64. The van der Waals surface area contributed by atoms with Gasteiger partial charge in [0.15, 0.2) is 0 Å². The molecule has 90 valence electrons. The zero-order chi connectivity index (χ0) is 12.5. The maximum Gasteiger partial charge on any atom is 0.203 e. The highest BCUT2D eigenvalue weighted by Gasteiger charge is 2.44. The normalized spacial score (nSPS) is 17.4. The minimum Gasteiger partial charge on any atom is -0.359 e. The standard InChI is InChI=1S/C12H13FN2O2/c1-16-12(17-2)7-15(8-12)11-5-3-4-10(13)9(11)6-14/h3-5H,7-8H2,1-2H3. The minimum atomic E-state index is -0.640. The fourth-order valence-corrected chi connectivity index (χ4v) is 1.93. The molecule has 0 aromatic heterocycles. The molecule has 4 nitrogen and oxygen atoms in total. The van der Waals surface area contributed by atoms with Crippen molar-refractivity contribution in [2.45, 2.75) is 5.79 Å². The van der Waals surface area contributed by atoms with Gasteiger partial charge in [-0.3, -0.25) is 0 Å². The number of halogens is 1. The van der Waals surface area contributed by atoms with Gasteiger partial charge in [0.1, 0.15) is 17.4 Å². The van der Waals surface area contributed by atoms with Crippen molar-refractivity contribution in [3.8, 4) is 6.07 Å². The summed E-state index contributed by atoms with van der Waals surface area (Å²) in [7, 11) is 3.13. The van der Waals surface area contributed by atoms with Gasteiger partial charge in [-0.05, 0) is 12.1 Å². The Bertz CT molecular complexity index is 458. The smallest absolute Gasteiger partial charge is 0.203 e. The summed E-state index contributed by atoms with van der Waals surface area (Å²) in [5.74, 6) is -1.14. The molecule has 0 atom stereocenters. The van der Waals surface area contributed by atoms with E-state index in [-0.39, 0.29) is 5.56 Å². The van der Waals surface area contributed by atoms with E-state index < -0.39 is 11.6 Å². The highest BCUT2D eigenvalue weighted by molar-refractivity contribution is 5.61. The van der Waals surface area contributed by atoms with Crippen LogP contribution in [0.1, 0.15) is 5.56 Å². The summed E-state index contributed by atoms with van der Waals surface area (Å²) < 4.78 is 23.9. The van der Waals surface area contributed by atoms with Crippen LogP contribution in [0.5, 0.6) is 0 Å². The molecular weight excluding hydrogens is 223 g/mol. The monoisotopic (exact) mass is 236 g/mol. The van der Waals surface area contributed by atoms with Crippen LogP contribution in [0.15, 0.2) is 18.2 Å². The third-order valence-corrected chi connectivity index (χ3v) is 3.05. The largest absolute Gasteiger partial charge is 0.359 e. The topological polar surface area (TPSA) is 45.5 Å². The first kappa shape index (κ1) is 11.8. The molecule has 0 bridgehead atoms. The van der Waals surface area contributed by atoms with E-state index >= 15 is 0 Å². The summed E-state index contributed by atoms with van der Waals surface area (Å²) in [6.45, 7) is 0.969. The van der Waals surface area contributed by atoms with Crippen molar-refractivity contribution in [3.05, 3.63) is 29.6 Å². The zero-order valence-electron chi connectivity index (χ0n) is 9.74. The second kappa shape index (κ2) is 4.32. The van der Waals surface area contributed by atoms with Crippen molar-refractivity contribution in [2.24, 2.45) is 0 Å². The molecular formula is C12H13FN2O2. The van der Waals surface area contributed by atoms with E-state index in [1.165, 1.54) is 6.07 Å². The van der Waals surface area contributed by atoms with Gasteiger partial charge in [0.25, 0.3) is 0 Å². The molecule has 2 rings (SSSR count). The summed E-state index contributed by atoms with van der Waals surface area (Å²) in [5, 5.41) is 8.93. The quantitative estimate of drug-likeness (QED) is 0.746. The average molecular weight is 236 g/mol. The Balaban J connectivity index is 2.23. The molecule has 0 unspecified atom stereocenters. The third-order valence-electron chi connectivity index (χ3n) is 3.05. The van der Waals surface area contributed by atoms with E-state index in [0.29, 0.717) is 18.8 Å². The fraction of sp³-hybridized carbons (Fsp3) is 0.417. The van der Waals surface area contributed by atoms with Crippen LogP contribution in [0.4, 0.5) is 10.1 Å². The summed E-state index contributed by atoms with van der Waals surface area (Å²) >= 11 is 0. The Morgan fingerprint density at radius 1 is 1.35 bits per heavy atom. The van der Waals surface area contributed by atoms with Crippen molar-refractivity contribution >= 4 is 5.69 Å². The molecule has 0 aliphatic carbocycles. The first-order valence-corrected chi connectivity index (χ1v) is 5.19. The molecule has 1 aromatic carbocycles. The van der Waals surface area contributed by atoms with Crippen LogP contribution in [0.25, 0.3) is 0 Å². The maximum atomic E-state index is 13.4. The lowest BCUT2D eigenvalue weighted by Gasteiger charge is -2.48. The lowest BCUT2D eigenvalue weighted by atomic mass is 10.0. The average Bonchev–Trinajstić information content (AvgIpc) is 2.29. The molecule has 17 heavy (non-hydrogen) atoms. The molecule has 5 heteroatoms. The first-order valence-electron chi connectivity index (χ1n) is 5.19. The Labute approximate surface area is 99.2 Å². The van der Waals surface area contributed by atoms with E-state index in [1.54, 1.807) is 26.4 Å². The predicted molar refractivity (Wildman–Crippen MR) is 60.1 cm³/mol. The number of hydrogen-bond donors (Lipinski definition) is 0. The van der Waals surface area contributed by atoms with Gasteiger partial charge in [0, 0.05) is 14.2 Å². The number of benzene rings is 1. The maximum absolute atomic E-state index is 13.4. The molecule has 1 heterocycles. The zero-order valence-corrected chi connectivity index (χ0v) is 9.74. The van der Waals surface area contributed by atoms with Crippen molar-refractivity contribution in [2.75, 3.05) is 32.2 Å². The Morgan fingerprint density at radius 3 is 2.53 bits per heavy atom. The lowest BCUT2D eigenvalue weighted by Crippen LogP contribution is -2.64. The van der Waals surface area contributed by atoms with Gasteiger partial charge < -0.3 is 14.4 Å². The van der Waals surface area contributed by atoms with Crippen LogP contribution in [-0.2, 0) is 9.47 Å². The van der Waals surface area contributed by atoms with Gasteiger partial charge in [0.2, 0.25) is 5.79 Å². The van der Waals surface area contributed by atoms with Gasteiger partial charge in [0.05, 0.1) is 18.8 Å². The number of rotatable bonds is 3. The number of ether oxygens (including phenoxy) is 2. The molecule has 0 saturated carbocycles. The Morgan fingerprint density at radius 2 is 2.00 bits per heavy atom. The van der Waals surface area contributed by atoms with Crippen molar-refractivity contribution in [3.63, 3.8) is 0 Å². The van der Waals surface area contributed by atoms with Crippen LogP contribution < -0.4 is 4.90 Å². The predicted octanol–water partition coefficient (Wildman–Crippen LogP) is 1.51. The molecule has 0 N–H and O–H groups in total. The molecule has 0 radical (unpaired) electrons. The van der Waals surface area contributed by atoms with Crippen LogP contribution in [0.2, 0.25) is 0 Å². The van der Waals surface area contributed by atoms with E-state index in [4.69, 9.17) is 14.7 Å². The van der Waals surface area contributed by atoms with Gasteiger partial charge in [-0.1, -0.05) is 6.07 Å². The van der Waals surface area contributed by atoms with E-state index in [2.05, 4.69) is 0 Å². The molecule has 0 amide bonds. The van der Waals surface area contributed by atoms with Gasteiger partial charge >= 0.3 is 0 Å². The Kier molecular flexibility index (Phi) is 3.01. The molecule has 1 fully saturated rings. The van der Waals surface area contributed by atoms with Gasteiger partial charge in [-0.25, -0.2) is 4.39 Å². The molecule has 1 aromatic rings. The van der Waals surface area contributed by atoms with E-state index in [9.17, 15) is 4.39 Å². The molecule has 1 aliphatic rings. The van der Waals surface area contributed by atoms with Gasteiger partial charge in [-0.15, -0.1) is 0 Å². The SMILES string of the molecule is COC1(OC)CN(c2cccc(F)c2C#N)C1. The number of anilines is 1. The molecule has 1 saturated heterocycles. The number of hydrogen-bond acceptors (Lipinski definition) is 4. The summed E-state index contributed by atoms with van der Waals surface area (Å²) in [5.41, 5.74) is 0.644. The summed E-state index contributed by atoms with van der Waals surface area (Å²) in [6.07, 6.45) is 0. The lowest BCUT2D eigenvalue weighted by molar-refractivity contribution is -0.219. The van der Waals surface area contributed by atoms with Crippen molar-refractivity contribution in [1.82, 2.24) is 0 Å². The minimum absolute atomic E-state index is 0.0632. The van der Waals surface area contributed by atoms with E-state index in [1.807, 2.05) is 11.0 Å². The second-order valence-electron chi connectivity index (χ2n) is 3.92. The van der Waals surface area contributed by atoms with Crippen LogP contribution in [-0.4, -0.2) is 33.1 Å². The van der Waals surface area contributed by atoms with Crippen LogP contribution >= 0.6 is 0 Å². The highest BCUT2D eigenvalue weighted by Crippen LogP contribution is 2.33. The molecule has 1 aliphatic heterocycles. The van der Waals surface area contributed by atoms with E-state index in [0.717, 1.165) is 0 Å². The fourth-order valence-electron chi connectivity index (χ4n) is 1.93. The van der Waals surface area contributed by atoms with Crippen LogP contribution in [0, 0.1) is 17.1 Å². The van der Waals surface area contributed by atoms with Crippen molar-refractivity contribution in [1.29, 1.82) is 5.26 Å². The van der Waals surface area contributed by atoms with Gasteiger partial charge in [-0.2, -0.15) is 5.26 Å².